The van der Waals surface area contributed by atoms with E-state index in [1.54, 1.807) is 6.92 Å². The summed E-state index contributed by atoms with van der Waals surface area (Å²) in [7, 11) is 0. The van der Waals surface area contributed by atoms with Crippen molar-refractivity contribution < 1.29 is 9.52 Å². The van der Waals surface area contributed by atoms with E-state index in [2.05, 4.69) is 0 Å². The zero-order chi connectivity index (χ0) is 11.5. The molecule has 1 heterocycles. The topological polar surface area (TPSA) is 50.4 Å². The van der Waals surface area contributed by atoms with Crippen molar-refractivity contribution in [3.8, 4) is 5.75 Å². The van der Waals surface area contributed by atoms with Crippen molar-refractivity contribution in [1.29, 1.82) is 0 Å². The summed E-state index contributed by atoms with van der Waals surface area (Å²) in [6.07, 6.45) is 6.75. The molecule has 3 heteroatoms. The fraction of sp³-hybridized carbons (Fsp3) is 0.615. The first-order chi connectivity index (χ1) is 7.66. The van der Waals surface area contributed by atoms with Crippen molar-refractivity contribution in [3.63, 3.8) is 0 Å². The summed E-state index contributed by atoms with van der Waals surface area (Å²) in [6, 6.07) is 1.53. The van der Waals surface area contributed by atoms with Crippen LogP contribution >= 0.6 is 0 Å². The lowest BCUT2D eigenvalue weighted by Gasteiger charge is -2.21. The predicted molar refractivity (Wildman–Crippen MR) is 61.7 cm³/mol. The highest BCUT2D eigenvalue weighted by atomic mass is 16.4. The van der Waals surface area contributed by atoms with Crippen molar-refractivity contribution in [2.75, 3.05) is 0 Å². The van der Waals surface area contributed by atoms with Gasteiger partial charge in [0.1, 0.15) is 11.5 Å². The molecule has 0 radical (unpaired) electrons. The second-order valence-electron chi connectivity index (χ2n) is 4.72. The largest absolute Gasteiger partial charge is 0.507 e. The van der Waals surface area contributed by atoms with E-state index in [1.165, 1.54) is 25.3 Å². The van der Waals surface area contributed by atoms with Gasteiger partial charge >= 0.3 is 5.63 Å². The minimum atomic E-state index is -0.372. The summed E-state index contributed by atoms with van der Waals surface area (Å²) in [5.74, 6) is 1.10. The van der Waals surface area contributed by atoms with E-state index in [9.17, 15) is 9.90 Å². The molecule has 1 aromatic heterocycles. The van der Waals surface area contributed by atoms with E-state index in [0.717, 1.165) is 12.8 Å². The molecule has 0 spiro atoms. The first kappa shape index (κ1) is 11.2. The third-order valence-corrected chi connectivity index (χ3v) is 3.37. The lowest BCUT2D eigenvalue weighted by molar-refractivity contribution is 0.342. The lowest BCUT2D eigenvalue weighted by atomic mass is 9.85. The van der Waals surface area contributed by atoms with E-state index in [4.69, 9.17) is 4.42 Å². The minimum Gasteiger partial charge on any atom is -0.507 e. The zero-order valence-electron chi connectivity index (χ0n) is 9.66. The molecule has 1 fully saturated rings. The average Bonchev–Trinajstić information content (AvgIpc) is 2.25. The Morgan fingerprint density at radius 1 is 1.38 bits per heavy atom. The normalized spacial score (nSPS) is 17.6. The maximum Gasteiger partial charge on any atom is 0.342 e. The molecule has 3 nitrogen and oxygen atoms in total. The average molecular weight is 222 g/mol. The first-order valence-corrected chi connectivity index (χ1v) is 5.99. The molecule has 0 aromatic carbocycles. The summed E-state index contributed by atoms with van der Waals surface area (Å²) < 4.78 is 5.02. The van der Waals surface area contributed by atoms with Gasteiger partial charge in [0, 0.05) is 6.07 Å². The van der Waals surface area contributed by atoms with Crippen molar-refractivity contribution >= 4 is 0 Å². The van der Waals surface area contributed by atoms with Crippen LogP contribution in [0.15, 0.2) is 15.3 Å². The van der Waals surface area contributed by atoms with Gasteiger partial charge in [0.25, 0.3) is 0 Å². The van der Waals surface area contributed by atoms with Crippen LogP contribution in [0.2, 0.25) is 0 Å². The van der Waals surface area contributed by atoms with Crippen LogP contribution < -0.4 is 5.63 Å². The molecule has 1 aliphatic carbocycles. The number of aryl methyl sites for hydroxylation is 1. The van der Waals surface area contributed by atoms with Crippen LogP contribution in [-0.4, -0.2) is 5.11 Å². The standard InChI is InChI=1S/C13H18O3/c1-9-7-12(14)11(13(15)16-9)8-10-5-3-2-4-6-10/h7,10,14H,2-6,8H2,1H3. The molecule has 0 amide bonds. The van der Waals surface area contributed by atoms with Crippen molar-refractivity contribution in [2.24, 2.45) is 5.92 Å². The first-order valence-electron chi connectivity index (χ1n) is 5.99. The second-order valence-corrected chi connectivity index (χ2v) is 4.72. The summed E-state index contributed by atoms with van der Waals surface area (Å²) in [5.41, 5.74) is 0.0839. The van der Waals surface area contributed by atoms with Crippen molar-refractivity contribution in [2.45, 2.75) is 45.4 Å². The van der Waals surface area contributed by atoms with Crippen LogP contribution in [0.1, 0.15) is 43.4 Å². The molecule has 16 heavy (non-hydrogen) atoms. The van der Waals surface area contributed by atoms with Gasteiger partial charge in [-0.3, -0.25) is 0 Å². The summed E-state index contributed by atoms with van der Waals surface area (Å²) >= 11 is 0. The van der Waals surface area contributed by atoms with E-state index in [-0.39, 0.29) is 11.4 Å². The Balaban J connectivity index is 2.17. The van der Waals surface area contributed by atoms with Gasteiger partial charge in [-0.15, -0.1) is 0 Å². The zero-order valence-corrected chi connectivity index (χ0v) is 9.66. The van der Waals surface area contributed by atoms with Crippen LogP contribution in [0, 0.1) is 12.8 Å². The number of hydrogen-bond acceptors (Lipinski definition) is 3. The van der Waals surface area contributed by atoms with Gasteiger partial charge in [-0.05, 0) is 19.3 Å². The van der Waals surface area contributed by atoms with Gasteiger partial charge < -0.3 is 9.52 Å². The molecular formula is C13H18O3. The third-order valence-electron chi connectivity index (χ3n) is 3.37. The number of hydrogen-bond donors (Lipinski definition) is 1. The number of rotatable bonds is 2. The van der Waals surface area contributed by atoms with E-state index < -0.39 is 0 Å². The van der Waals surface area contributed by atoms with Gasteiger partial charge in [-0.2, -0.15) is 0 Å². The van der Waals surface area contributed by atoms with Gasteiger partial charge in [0.05, 0.1) is 5.56 Å². The Hall–Kier alpha value is -1.25. The molecule has 1 aromatic rings. The third kappa shape index (κ3) is 2.46. The smallest absolute Gasteiger partial charge is 0.342 e. The molecule has 0 saturated heterocycles. The lowest BCUT2D eigenvalue weighted by Crippen LogP contribution is -2.16. The van der Waals surface area contributed by atoms with Gasteiger partial charge in [0.2, 0.25) is 0 Å². The molecule has 88 valence electrons. The fourth-order valence-electron chi connectivity index (χ4n) is 2.49. The Morgan fingerprint density at radius 2 is 2.06 bits per heavy atom. The Morgan fingerprint density at radius 3 is 2.69 bits per heavy atom. The minimum absolute atomic E-state index is 0.0966. The summed E-state index contributed by atoms with van der Waals surface area (Å²) in [6.45, 7) is 1.67. The van der Waals surface area contributed by atoms with E-state index in [1.807, 2.05) is 0 Å². The van der Waals surface area contributed by atoms with Crippen LogP contribution in [-0.2, 0) is 6.42 Å². The Labute approximate surface area is 95.1 Å². The Kier molecular flexibility index (Phi) is 3.32. The van der Waals surface area contributed by atoms with Crippen LogP contribution in [0.25, 0.3) is 0 Å². The van der Waals surface area contributed by atoms with Gasteiger partial charge in [0.15, 0.2) is 0 Å². The van der Waals surface area contributed by atoms with Crippen LogP contribution in [0.4, 0.5) is 0 Å². The van der Waals surface area contributed by atoms with E-state index in [0.29, 0.717) is 23.7 Å². The molecule has 1 N–H and O–H groups in total. The molecule has 0 bridgehead atoms. The number of aromatic hydroxyl groups is 1. The molecule has 0 atom stereocenters. The highest BCUT2D eigenvalue weighted by Gasteiger charge is 2.18. The highest BCUT2D eigenvalue weighted by Crippen LogP contribution is 2.28. The quantitative estimate of drug-likeness (QED) is 0.837. The second kappa shape index (κ2) is 4.73. The molecule has 1 saturated carbocycles. The van der Waals surface area contributed by atoms with Gasteiger partial charge in [-0.1, -0.05) is 32.1 Å². The maximum absolute atomic E-state index is 11.6. The summed E-state index contributed by atoms with van der Waals surface area (Å²) in [5, 5.41) is 9.74. The fourth-order valence-corrected chi connectivity index (χ4v) is 2.49. The molecular weight excluding hydrogens is 204 g/mol. The molecule has 2 rings (SSSR count). The van der Waals surface area contributed by atoms with Crippen molar-refractivity contribution in [3.05, 3.63) is 27.8 Å². The predicted octanol–water partition coefficient (Wildman–Crippen LogP) is 2.78. The maximum atomic E-state index is 11.6. The SMILES string of the molecule is Cc1cc(O)c(CC2CCCCC2)c(=O)o1. The van der Waals surface area contributed by atoms with E-state index >= 15 is 0 Å². The molecule has 0 aliphatic heterocycles. The van der Waals surface area contributed by atoms with Gasteiger partial charge in [-0.25, -0.2) is 4.79 Å². The monoisotopic (exact) mass is 222 g/mol. The van der Waals surface area contributed by atoms with Crippen LogP contribution in [0.5, 0.6) is 5.75 Å². The van der Waals surface area contributed by atoms with Crippen molar-refractivity contribution in [1.82, 2.24) is 0 Å². The Bertz CT molecular complexity index is 414. The molecule has 1 aliphatic rings. The highest BCUT2D eigenvalue weighted by molar-refractivity contribution is 5.30. The summed E-state index contributed by atoms with van der Waals surface area (Å²) in [4.78, 5) is 11.6. The van der Waals surface area contributed by atoms with Crippen LogP contribution in [0.3, 0.4) is 0 Å². The molecule has 0 unspecified atom stereocenters.